The molecule has 1 amide bonds. The molecule has 3 rings (SSSR count). The third-order valence-electron chi connectivity index (χ3n) is 3.50. The Kier molecular flexibility index (Phi) is 4.21. The van der Waals surface area contributed by atoms with Gasteiger partial charge >= 0.3 is 0 Å². The minimum atomic E-state index is -4.06. The van der Waals surface area contributed by atoms with Crippen LogP contribution in [0.4, 0.5) is 5.69 Å². The van der Waals surface area contributed by atoms with E-state index in [2.05, 4.69) is 10.4 Å². The molecule has 128 valence electrons. The first kappa shape index (κ1) is 16.6. The molecule has 0 fully saturated rings. The summed E-state index contributed by atoms with van der Waals surface area (Å²) in [6, 6.07) is 11.0. The Bertz CT molecular complexity index is 1060. The first-order valence-corrected chi connectivity index (χ1v) is 8.49. The number of benzene rings is 2. The number of H-pyrrole nitrogens is 1. The van der Waals surface area contributed by atoms with Crippen molar-refractivity contribution in [3.8, 4) is 0 Å². The van der Waals surface area contributed by atoms with Crippen molar-refractivity contribution >= 4 is 32.5 Å². The van der Waals surface area contributed by atoms with Crippen molar-refractivity contribution in [3.63, 3.8) is 0 Å². The molecule has 0 saturated heterocycles. The van der Waals surface area contributed by atoms with Crippen LogP contribution in [0.15, 0.2) is 59.6 Å². The van der Waals surface area contributed by atoms with Crippen molar-refractivity contribution in [2.45, 2.75) is 4.90 Å². The SMILES string of the molecule is O=C(NNS(=O)(=O)c1ccc([N+](=O)[O-])cc1)c1cccc2[nH]ccc12. The minimum Gasteiger partial charge on any atom is -0.361 e. The number of hydrogen-bond donors (Lipinski definition) is 3. The lowest BCUT2D eigenvalue weighted by Gasteiger charge is -2.09. The van der Waals surface area contributed by atoms with Crippen molar-refractivity contribution in [3.05, 3.63) is 70.4 Å². The molecule has 9 nitrogen and oxygen atoms in total. The molecule has 0 bridgehead atoms. The second kappa shape index (κ2) is 6.34. The van der Waals surface area contributed by atoms with E-state index in [1.54, 1.807) is 30.5 Å². The number of aromatic amines is 1. The van der Waals surface area contributed by atoms with E-state index in [4.69, 9.17) is 0 Å². The highest BCUT2D eigenvalue weighted by Crippen LogP contribution is 2.18. The first-order valence-electron chi connectivity index (χ1n) is 7.01. The van der Waals surface area contributed by atoms with Gasteiger partial charge in [-0.1, -0.05) is 6.07 Å². The summed E-state index contributed by atoms with van der Waals surface area (Å²) in [5, 5.41) is 11.2. The molecular formula is C15H12N4O5S. The Morgan fingerprint density at radius 2 is 1.80 bits per heavy atom. The zero-order chi connectivity index (χ0) is 18.0. The second-order valence-electron chi connectivity index (χ2n) is 5.06. The third kappa shape index (κ3) is 3.34. The third-order valence-corrected chi connectivity index (χ3v) is 4.76. The largest absolute Gasteiger partial charge is 0.361 e. The Labute approximate surface area is 141 Å². The fourth-order valence-corrected chi connectivity index (χ4v) is 3.11. The molecule has 3 N–H and O–H groups in total. The lowest BCUT2D eigenvalue weighted by molar-refractivity contribution is -0.384. The van der Waals surface area contributed by atoms with E-state index in [0.717, 1.165) is 29.8 Å². The number of rotatable bonds is 5. The van der Waals surface area contributed by atoms with Crippen molar-refractivity contribution in [2.75, 3.05) is 0 Å². The van der Waals surface area contributed by atoms with Gasteiger partial charge in [0.25, 0.3) is 21.6 Å². The van der Waals surface area contributed by atoms with Crippen LogP contribution in [0, 0.1) is 10.1 Å². The Morgan fingerprint density at radius 3 is 2.48 bits per heavy atom. The van der Waals surface area contributed by atoms with Crippen LogP contribution in [0.2, 0.25) is 0 Å². The van der Waals surface area contributed by atoms with Gasteiger partial charge in [-0.3, -0.25) is 20.3 Å². The molecule has 1 aromatic heterocycles. The van der Waals surface area contributed by atoms with E-state index in [9.17, 15) is 23.3 Å². The standard InChI is InChI=1S/C15H12N4O5S/c20-15(13-2-1-3-14-12(13)8-9-16-14)17-18-25(23,24)11-6-4-10(5-7-11)19(21)22/h1-9,16,18H,(H,17,20). The normalized spacial score (nSPS) is 11.4. The molecular weight excluding hydrogens is 348 g/mol. The van der Waals surface area contributed by atoms with E-state index in [1.807, 2.05) is 4.83 Å². The molecule has 25 heavy (non-hydrogen) atoms. The fourth-order valence-electron chi connectivity index (χ4n) is 2.27. The fraction of sp³-hybridized carbons (Fsp3) is 0. The number of nitro groups is 1. The molecule has 3 aromatic rings. The van der Waals surface area contributed by atoms with Crippen molar-refractivity contribution in [2.24, 2.45) is 0 Å². The molecule has 0 unspecified atom stereocenters. The summed E-state index contributed by atoms with van der Waals surface area (Å²) < 4.78 is 24.3. The highest BCUT2D eigenvalue weighted by Gasteiger charge is 2.18. The Morgan fingerprint density at radius 1 is 1.08 bits per heavy atom. The predicted octanol–water partition coefficient (Wildman–Crippen LogP) is 1.70. The van der Waals surface area contributed by atoms with Crippen LogP contribution in [0.3, 0.4) is 0 Å². The number of nitrogens with one attached hydrogen (secondary N) is 3. The Hall–Kier alpha value is -3.24. The zero-order valence-electron chi connectivity index (χ0n) is 12.6. The number of sulfonamides is 1. The van der Waals surface area contributed by atoms with Crippen LogP contribution in [0.25, 0.3) is 10.9 Å². The molecule has 0 aliphatic carbocycles. The number of hydrazine groups is 1. The van der Waals surface area contributed by atoms with Crippen LogP contribution in [-0.4, -0.2) is 24.2 Å². The van der Waals surface area contributed by atoms with E-state index in [0.29, 0.717) is 10.9 Å². The maximum Gasteiger partial charge on any atom is 0.269 e. The smallest absolute Gasteiger partial charge is 0.269 e. The maximum absolute atomic E-state index is 12.2. The number of aromatic nitrogens is 1. The average Bonchev–Trinajstić information content (AvgIpc) is 3.08. The van der Waals surface area contributed by atoms with Gasteiger partial charge in [-0.25, -0.2) is 8.42 Å². The summed E-state index contributed by atoms with van der Waals surface area (Å²) in [5.41, 5.74) is 2.94. The van der Waals surface area contributed by atoms with Crippen LogP contribution >= 0.6 is 0 Å². The van der Waals surface area contributed by atoms with Crippen LogP contribution < -0.4 is 10.3 Å². The van der Waals surface area contributed by atoms with Gasteiger partial charge in [-0.05, 0) is 30.3 Å². The molecule has 0 saturated carbocycles. The molecule has 0 aliphatic rings. The number of hydrogen-bond acceptors (Lipinski definition) is 5. The molecule has 0 spiro atoms. The second-order valence-corrected chi connectivity index (χ2v) is 6.74. The number of carbonyl (C=O) groups excluding carboxylic acids is 1. The maximum atomic E-state index is 12.2. The summed E-state index contributed by atoms with van der Waals surface area (Å²) in [6.07, 6.45) is 1.67. The van der Waals surface area contributed by atoms with Gasteiger partial charge in [0.1, 0.15) is 0 Å². The summed E-state index contributed by atoms with van der Waals surface area (Å²) >= 11 is 0. The van der Waals surface area contributed by atoms with Crippen LogP contribution in [0.5, 0.6) is 0 Å². The van der Waals surface area contributed by atoms with Crippen molar-refractivity contribution in [1.82, 2.24) is 15.2 Å². The predicted molar refractivity (Wildman–Crippen MR) is 89.2 cm³/mol. The molecule has 10 heteroatoms. The highest BCUT2D eigenvalue weighted by atomic mass is 32.2. The van der Waals surface area contributed by atoms with Gasteiger partial charge in [0, 0.05) is 29.2 Å². The topological polar surface area (TPSA) is 134 Å². The van der Waals surface area contributed by atoms with E-state index in [1.165, 1.54) is 0 Å². The highest BCUT2D eigenvalue weighted by molar-refractivity contribution is 7.89. The summed E-state index contributed by atoms with van der Waals surface area (Å²) in [6.45, 7) is 0. The number of amides is 1. The molecule has 0 atom stereocenters. The summed E-state index contributed by atoms with van der Waals surface area (Å²) in [5.74, 6) is -0.629. The Balaban J connectivity index is 1.76. The van der Waals surface area contributed by atoms with Gasteiger partial charge in [0.05, 0.1) is 15.4 Å². The average molecular weight is 360 g/mol. The number of fused-ring (bicyclic) bond motifs is 1. The van der Waals surface area contributed by atoms with E-state index in [-0.39, 0.29) is 10.6 Å². The first-order chi connectivity index (χ1) is 11.9. The van der Waals surface area contributed by atoms with E-state index >= 15 is 0 Å². The number of carbonyl (C=O) groups is 1. The van der Waals surface area contributed by atoms with E-state index < -0.39 is 20.9 Å². The van der Waals surface area contributed by atoms with Gasteiger partial charge < -0.3 is 4.98 Å². The monoisotopic (exact) mass is 360 g/mol. The number of non-ortho nitro benzene ring substituents is 1. The lowest BCUT2D eigenvalue weighted by atomic mass is 10.1. The van der Waals surface area contributed by atoms with Gasteiger partial charge in [-0.2, -0.15) is 0 Å². The van der Waals surface area contributed by atoms with Crippen LogP contribution in [0.1, 0.15) is 10.4 Å². The van der Waals surface area contributed by atoms with Gasteiger partial charge in [-0.15, -0.1) is 4.83 Å². The number of nitro benzene ring substituents is 1. The summed E-state index contributed by atoms with van der Waals surface area (Å²) in [7, 11) is -4.06. The van der Waals surface area contributed by atoms with Crippen molar-refractivity contribution < 1.29 is 18.1 Å². The molecule has 0 radical (unpaired) electrons. The van der Waals surface area contributed by atoms with Gasteiger partial charge in [0.2, 0.25) is 0 Å². The summed E-state index contributed by atoms with van der Waals surface area (Å²) in [4.78, 5) is 26.9. The molecule has 0 aliphatic heterocycles. The minimum absolute atomic E-state index is 0.210. The molecule has 1 heterocycles. The van der Waals surface area contributed by atoms with Gasteiger partial charge in [0.15, 0.2) is 0 Å². The zero-order valence-corrected chi connectivity index (χ0v) is 13.4. The number of nitrogens with zero attached hydrogens (tertiary/aromatic N) is 1. The molecule has 2 aromatic carbocycles. The quantitative estimate of drug-likeness (QED) is 0.470. The van der Waals surface area contributed by atoms with Crippen molar-refractivity contribution in [1.29, 1.82) is 0 Å². The lowest BCUT2D eigenvalue weighted by Crippen LogP contribution is -2.41. The van der Waals surface area contributed by atoms with Crippen LogP contribution in [-0.2, 0) is 10.0 Å².